The zero-order chi connectivity index (χ0) is 21.6. The third-order valence-corrected chi connectivity index (χ3v) is 5.55. The Morgan fingerprint density at radius 2 is 1.57 bits per heavy atom. The van der Waals surface area contributed by atoms with E-state index >= 15 is 0 Å². The van der Waals surface area contributed by atoms with Crippen molar-refractivity contribution in [3.05, 3.63) is 78.4 Å². The van der Waals surface area contributed by atoms with Crippen molar-refractivity contribution in [3.63, 3.8) is 0 Å². The fourth-order valence-corrected chi connectivity index (χ4v) is 3.70. The summed E-state index contributed by atoms with van der Waals surface area (Å²) in [6, 6.07) is 19.8. The summed E-state index contributed by atoms with van der Waals surface area (Å²) in [5.41, 5.74) is 1.92. The third kappa shape index (κ3) is 5.74. The maximum Gasteiger partial charge on any atom is 0.262 e. The van der Waals surface area contributed by atoms with Gasteiger partial charge in [-0.2, -0.15) is 0 Å². The van der Waals surface area contributed by atoms with Crippen LogP contribution in [0.3, 0.4) is 0 Å². The minimum absolute atomic E-state index is 0.0762. The first-order valence-corrected chi connectivity index (χ1v) is 10.6. The topological polar surface area (TPSA) is 93.7 Å². The van der Waals surface area contributed by atoms with Gasteiger partial charge in [-0.25, -0.2) is 8.42 Å². The molecule has 3 rings (SSSR count). The normalized spacial score (nSPS) is 10.9. The van der Waals surface area contributed by atoms with Gasteiger partial charge in [0.05, 0.1) is 12.0 Å². The Kier molecular flexibility index (Phi) is 6.58. The minimum Gasteiger partial charge on any atom is -0.497 e. The Bertz CT molecular complexity index is 1110. The number of nitrogens with one attached hydrogen (secondary N) is 2. The number of sulfonamides is 1. The van der Waals surface area contributed by atoms with Crippen molar-refractivity contribution in [3.8, 4) is 11.5 Å². The van der Waals surface area contributed by atoms with Gasteiger partial charge in [-0.3, -0.25) is 9.52 Å². The van der Waals surface area contributed by atoms with E-state index in [9.17, 15) is 13.2 Å². The van der Waals surface area contributed by atoms with Gasteiger partial charge >= 0.3 is 0 Å². The molecule has 30 heavy (non-hydrogen) atoms. The summed E-state index contributed by atoms with van der Waals surface area (Å²) in [5.74, 6) is 0.893. The third-order valence-electron chi connectivity index (χ3n) is 4.15. The minimum atomic E-state index is -3.76. The smallest absolute Gasteiger partial charge is 0.262 e. The van der Waals surface area contributed by atoms with E-state index in [1.54, 1.807) is 30.3 Å². The number of anilines is 2. The molecule has 0 saturated carbocycles. The molecule has 0 fully saturated rings. The lowest BCUT2D eigenvalue weighted by atomic mass is 10.2. The second kappa shape index (κ2) is 9.32. The summed E-state index contributed by atoms with van der Waals surface area (Å²) >= 11 is 0. The van der Waals surface area contributed by atoms with Crippen molar-refractivity contribution in [2.75, 3.05) is 23.8 Å². The molecule has 0 aliphatic carbocycles. The predicted molar refractivity (Wildman–Crippen MR) is 116 cm³/mol. The summed E-state index contributed by atoms with van der Waals surface area (Å²) < 4.78 is 38.1. The van der Waals surface area contributed by atoms with Gasteiger partial charge in [-0.1, -0.05) is 12.1 Å². The van der Waals surface area contributed by atoms with Gasteiger partial charge in [0.2, 0.25) is 0 Å². The lowest BCUT2D eigenvalue weighted by Crippen LogP contribution is -2.20. The molecule has 0 saturated heterocycles. The van der Waals surface area contributed by atoms with Gasteiger partial charge in [0, 0.05) is 11.4 Å². The SMILES string of the molecule is COc1ccc(NS(=O)(=O)c2ccc(NC(=O)COc3cccc(C)c3)cc2)cc1. The molecule has 8 heteroatoms. The first-order valence-electron chi connectivity index (χ1n) is 9.12. The Hall–Kier alpha value is -3.52. The highest BCUT2D eigenvalue weighted by Crippen LogP contribution is 2.20. The summed E-state index contributed by atoms with van der Waals surface area (Å²) in [4.78, 5) is 12.1. The lowest BCUT2D eigenvalue weighted by molar-refractivity contribution is -0.118. The van der Waals surface area contributed by atoms with E-state index < -0.39 is 10.0 Å². The standard InChI is InChI=1S/C22H22N2O5S/c1-16-4-3-5-20(14-16)29-15-22(25)23-17-8-12-21(13-9-17)30(26,27)24-18-6-10-19(28-2)11-7-18/h3-14,24H,15H2,1-2H3,(H,23,25). The maximum absolute atomic E-state index is 12.5. The van der Waals surface area contributed by atoms with Gasteiger partial charge in [0.15, 0.2) is 6.61 Å². The van der Waals surface area contributed by atoms with Crippen molar-refractivity contribution in [1.82, 2.24) is 0 Å². The molecule has 156 valence electrons. The Morgan fingerprint density at radius 3 is 2.20 bits per heavy atom. The average Bonchev–Trinajstić information content (AvgIpc) is 2.73. The van der Waals surface area contributed by atoms with Crippen LogP contribution in [-0.2, 0) is 14.8 Å². The quantitative estimate of drug-likeness (QED) is 0.571. The highest BCUT2D eigenvalue weighted by Gasteiger charge is 2.14. The Labute approximate surface area is 175 Å². The Morgan fingerprint density at radius 1 is 0.900 bits per heavy atom. The van der Waals surface area contributed by atoms with Crippen LogP contribution in [0, 0.1) is 6.92 Å². The van der Waals surface area contributed by atoms with E-state index in [0.29, 0.717) is 22.9 Å². The number of methoxy groups -OCH3 is 1. The maximum atomic E-state index is 12.5. The molecular weight excluding hydrogens is 404 g/mol. The van der Waals surface area contributed by atoms with Crippen LogP contribution in [0.4, 0.5) is 11.4 Å². The van der Waals surface area contributed by atoms with E-state index in [0.717, 1.165) is 5.56 Å². The van der Waals surface area contributed by atoms with E-state index in [4.69, 9.17) is 9.47 Å². The number of rotatable bonds is 8. The number of benzene rings is 3. The molecule has 0 aliphatic heterocycles. The van der Waals surface area contributed by atoms with E-state index in [1.807, 2.05) is 25.1 Å². The monoisotopic (exact) mass is 426 g/mol. The molecule has 7 nitrogen and oxygen atoms in total. The Balaban J connectivity index is 1.58. The van der Waals surface area contributed by atoms with Crippen LogP contribution in [0.2, 0.25) is 0 Å². The van der Waals surface area contributed by atoms with Gasteiger partial charge in [0.1, 0.15) is 11.5 Å². The fourth-order valence-electron chi connectivity index (χ4n) is 2.64. The predicted octanol–water partition coefficient (Wildman–Crippen LogP) is 3.82. The number of carbonyl (C=O) groups is 1. The molecule has 0 unspecified atom stereocenters. The van der Waals surface area contributed by atoms with Crippen molar-refractivity contribution in [2.24, 2.45) is 0 Å². The summed E-state index contributed by atoms with van der Waals surface area (Å²) in [7, 11) is -2.22. The molecule has 0 spiro atoms. The van der Waals surface area contributed by atoms with Gasteiger partial charge < -0.3 is 14.8 Å². The van der Waals surface area contributed by atoms with Gasteiger partial charge in [-0.15, -0.1) is 0 Å². The first kappa shape index (κ1) is 21.2. The van der Waals surface area contributed by atoms with Gasteiger partial charge in [-0.05, 0) is 73.2 Å². The average molecular weight is 426 g/mol. The van der Waals surface area contributed by atoms with E-state index in [-0.39, 0.29) is 17.4 Å². The number of amides is 1. The number of carbonyl (C=O) groups excluding carboxylic acids is 1. The van der Waals surface area contributed by atoms with Crippen LogP contribution < -0.4 is 19.5 Å². The molecule has 0 aliphatic rings. The number of ether oxygens (including phenoxy) is 2. The van der Waals surface area contributed by atoms with Gasteiger partial charge in [0.25, 0.3) is 15.9 Å². The van der Waals surface area contributed by atoms with E-state index in [1.165, 1.54) is 31.4 Å². The van der Waals surface area contributed by atoms with Crippen molar-refractivity contribution < 1.29 is 22.7 Å². The van der Waals surface area contributed by atoms with Crippen molar-refractivity contribution in [1.29, 1.82) is 0 Å². The van der Waals surface area contributed by atoms with Crippen LogP contribution in [-0.4, -0.2) is 28.0 Å². The van der Waals surface area contributed by atoms with Crippen molar-refractivity contribution >= 4 is 27.3 Å². The molecule has 0 bridgehead atoms. The van der Waals surface area contributed by atoms with Crippen LogP contribution >= 0.6 is 0 Å². The van der Waals surface area contributed by atoms with Crippen LogP contribution in [0.5, 0.6) is 11.5 Å². The summed E-state index contributed by atoms with van der Waals surface area (Å²) in [5, 5.41) is 2.67. The molecule has 1 amide bonds. The molecule has 0 atom stereocenters. The summed E-state index contributed by atoms with van der Waals surface area (Å²) in [6.45, 7) is 1.79. The second-order valence-corrected chi connectivity index (χ2v) is 8.19. The largest absolute Gasteiger partial charge is 0.497 e. The molecule has 3 aromatic rings. The lowest BCUT2D eigenvalue weighted by Gasteiger charge is -2.10. The number of hydrogen-bond donors (Lipinski definition) is 2. The number of aryl methyl sites for hydroxylation is 1. The molecular formula is C22H22N2O5S. The van der Waals surface area contributed by atoms with Crippen LogP contribution in [0.1, 0.15) is 5.56 Å². The van der Waals surface area contributed by atoms with Crippen molar-refractivity contribution in [2.45, 2.75) is 11.8 Å². The second-order valence-electron chi connectivity index (χ2n) is 6.51. The van der Waals surface area contributed by atoms with E-state index in [2.05, 4.69) is 10.0 Å². The molecule has 0 heterocycles. The molecule has 0 radical (unpaired) electrons. The zero-order valence-corrected chi connectivity index (χ0v) is 17.4. The van der Waals surface area contributed by atoms with Crippen LogP contribution in [0.15, 0.2) is 77.7 Å². The molecule has 0 aromatic heterocycles. The highest BCUT2D eigenvalue weighted by atomic mass is 32.2. The zero-order valence-electron chi connectivity index (χ0n) is 16.6. The summed E-state index contributed by atoms with van der Waals surface area (Å²) in [6.07, 6.45) is 0. The molecule has 3 aromatic carbocycles. The highest BCUT2D eigenvalue weighted by molar-refractivity contribution is 7.92. The first-order chi connectivity index (χ1) is 14.4. The number of hydrogen-bond acceptors (Lipinski definition) is 5. The molecule has 2 N–H and O–H groups in total. The van der Waals surface area contributed by atoms with Crippen LogP contribution in [0.25, 0.3) is 0 Å². The fraction of sp³-hybridized carbons (Fsp3) is 0.136.